The highest BCUT2D eigenvalue weighted by molar-refractivity contribution is 7.99. The molecule has 17 heavy (non-hydrogen) atoms. The molecule has 0 spiro atoms. The number of benzene rings is 1. The van der Waals surface area contributed by atoms with Crippen molar-refractivity contribution >= 4 is 23.4 Å². The minimum Gasteiger partial charge on any atom is -0.277 e. The standard InChI is InChI=1S/C11H9ClN4S/c1-8-2-3-9(6-10(8)12)16-7-14-15-11(16)17-5-4-13/h2-3,6-7H,5H2,1H3. The molecule has 1 aromatic carbocycles. The monoisotopic (exact) mass is 264 g/mol. The molecule has 0 saturated carbocycles. The van der Waals surface area contributed by atoms with Crippen LogP contribution in [0.4, 0.5) is 0 Å². The molecule has 0 aliphatic heterocycles. The molecule has 1 heterocycles. The largest absolute Gasteiger partial charge is 0.277 e. The van der Waals surface area contributed by atoms with Gasteiger partial charge in [0.2, 0.25) is 0 Å². The van der Waals surface area contributed by atoms with E-state index in [1.165, 1.54) is 11.8 Å². The number of hydrogen-bond donors (Lipinski definition) is 0. The van der Waals surface area contributed by atoms with Gasteiger partial charge in [-0.25, -0.2) is 0 Å². The zero-order valence-corrected chi connectivity index (χ0v) is 10.7. The van der Waals surface area contributed by atoms with Crippen molar-refractivity contribution in [2.75, 3.05) is 5.75 Å². The summed E-state index contributed by atoms with van der Waals surface area (Å²) in [7, 11) is 0. The SMILES string of the molecule is Cc1ccc(-n2cnnc2SCC#N)cc1Cl. The maximum absolute atomic E-state index is 8.56. The van der Waals surface area contributed by atoms with Crippen molar-refractivity contribution in [1.82, 2.24) is 14.8 Å². The Hall–Kier alpha value is -1.51. The number of nitriles is 1. The maximum atomic E-state index is 8.56. The third-order valence-corrected chi connectivity index (χ3v) is 3.43. The number of nitrogens with zero attached hydrogens (tertiary/aromatic N) is 4. The van der Waals surface area contributed by atoms with Crippen molar-refractivity contribution in [2.24, 2.45) is 0 Å². The summed E-state index contributed by atoms with van der Waals surface area (Å²) >= 11 is 7.42. The van der Waals surface area contributed by atoms with Crippen LogP contribution in [0.1, 0.15) is 5.56 Å². The summed E-state index contributed by atoms with van der Waals surface area (Å²) in [6.45, 7) is 1.95. The predicted octanol–water partition coefficient (Wildman–Crippen LogP) is 2.84. The van der Waals surface area contributed by atoms with Crippen molar-refractivity contribution in [3.8, 4) is 11.8 Å². The number of rotatable bonds is 3. The minimum absolute atomic E-state index is 0.346. The third kappa shape index (κ3) is 2.60. The van der Waals surface area contributed by atoms with E-state index in [1.807, 2.05) is 29.7 Å². The molecule has 0 saturated heterocycles. The van der Waals surface area contributed by atoms with Crippen LogP contribution in [-0.2, 0) is 0 Å². The first-order chi connectivity index (χ1) is 8.22. The highest BCUT2D eigenvalue weighted by Gasteiger charge is 2.07. The smallest absolute Gasteiger partial charge is 0.196 e. The highest BCUT2D eigenvalue weighted by atomic mass is 35.5. The van der Waals surface area contributed by atoms with Gasteiger partial charge >= 0.3 is 0 Å². The van der Waals surface area contributed by atoms with Gasteiger partial charge < -0.3 is 0 Å². The zero-order valence-electron chi connectivity index (χ0n) is 9.09. The van der Waals surface area contributed by atoms with Crippen LogP contribution >= 0.6 is 23.4 Å². The molecule has 2 rings (SSSR count). The molecule has 0 aliphatic carbocycles. The van der Waals surface area contributed by atoms with E-state index >= 15 is 0 Å². The fraction of sp³-hybridized carbons (Fsp3) is 0.182. The quantitative estimate of drug-likeness (QED) is 0.800. The molecular formula is C11H9ClN4S. The van der Waals surface area contributed by atoms with Gasteiger partial charge in [0, 0.05) is 5.02 Å². The molecule has 86 valence electrons. The van der Waals surface area contributed by atoms with Crippen LogP contribution in [0.25, 0.3) is 5.69 Å². The summed E-state index contributed by atoms with van der Waals surface area (Å²) in [5.41, 5.74) is 1.92. The van der Waals surface area contributed by atoms with E-state index in [9.17, 15) is 0 Å². The Morgan fingerprint density at radius 2 is 2.35 bits per heavy atom. The van der Waals surface area contributed by atoms with Crippen LogP contribution in [0.3, 0.4) is 0 Å². The Kier molecular flexibility index (Phi) is 3.67. The van der Waals surface area contributed by atoms with Gasteiger partial charge in [-0.2, -0.15) is 5.26 Å². The fourth-order valence-electron chi connectivity index (χ4n) is 1.33. The van der Waals surface area contributed by atoms with Gasteiger partial charge in [0.05, 0.1) is 17.5 Å². The molecule has 0 unspecified atom stereocenters. The topological polar surface area (TPSA) is 54.5 Å². The number of thioether (sulfide) groups is 1. The first kappa shape index (κ1) is 12.0. The van der Waals surface area contributed by atoms with Crippen LogP contribution in [0.5, 0.6) is 0 Å². The Morgan fingerprint density at radius 1 is 1.53 bits per heavy atom. The van der Waals surface area contributed by atoms with Gasteiger partial charge in [-0.1, -0.05) is 29.4 Å². The van der Waals surface area contributed by atoms with E-state index in [4.69, 9.17) is 16.9 Å². The second-order valence-electron chi connectivity index (χ2n) is 3.36. The van der Waals surface area contributed by atoms with Crippen molar-refractivity contribution in [3.63, 3.8) is 0 Å². The molecule has 2 aromatic rings. The normalized spacial score (nSPS) is 10.2. The summed E-state index contributed by atoms with van der Waals surface area (Å²) in [6.07, 6.45) is 1.61. The van der Waals surface area contributed by atoms with Crippen molar-refractivity contribution in [1.29, 1.82) is 5.26 Å². The summed E-state index contributed by atoms with van der Waals surface area (Å²) in [6, 6.07) is 7.81. The lowest BCUT2D eigenvalue weighted by Crippen LogP contribution is -1.95. The first-order valence-corrected chi connectivity index (χ1v) is 6.25. The fourth-order valence-corrected chi connectivity index (χ4v) is 2.09. The lowest BCUT2D eigenvalue weighted by molar-refractivity contribution is 0.885. The molecule has 4 nitrogen and oxygen atoms in total. The van der Waals surface area contributed by atoms with Gasteiger partial charge in [-0.15, -0.1) is 10.2 Å². The molecule has 0 bridgehead atoms. The lowest BCUT2D eigenvalue weighted by atomic mass is 10.2. The van der Waals surface area contributed by atoms with Gasteiger partial charge in [0.15, 0.2) is 5.16 Å². The lowest BCUT2D eigenvalue weighted by Gasteiger charge is -2.06. The van der Waals surface area contributed by atoms with E-state index in [2.05, 4.69) is 16.3 Å². The van der Waals surface area contributed by atoms with Crippen LogP contribution in [0.2, 0.25) is 5.02 Å². The minimum atomic E-state index is 0.346. The van der Waals surface area contributed by atoms with E-state index in [0.29, 0.717) is 15.9 Å². The molecular weight excluding hydrogens is 256 g/mol. The Bertz CT molecular complexity index is 573. The molecule has 0 radical (unpaired) electrons. The Balaban J connectivity index is 2.36. The molecule has 0 fully saturated rings. The van der Waals surface area contributed by atoms with Crippen LogP contribution in [-0.4, -0.2) is 20.5 Å². The zero-order chi connectivity index (χ0) is 12.3. The van der Waals surface area contributed by atoms with Gasteiger partial charge in [-0.05, 0) is 24.6 Å². The van der Waals surface area contributed by atoms with Crippen molar-refractivity contribution < 1.29 is 0 Å². The summed E-state index contributed by atoms with van der Waals surface area (Å²) in [5.74, 6) is 0.346. The number of halogens is 1. The third-order valence-electron chi connectivity index (χ3n) is 2.22. The molecule has 1 aromatic heterocycles. The van der Waals surface area contributed by atoms with Crippen LogP contribution in [0, 0.1) is 18.3 Å². The van der Waals surface area contributed by atoms with Gasteiger partial charge in [0.1, 0.15) is 6.33 Å². The van der Waals surface area contributed by atoms with Crippen molar-refractivity contribution in [3.05, 3.63) is 35.1 Å². The van der Waals surface area contributed by atoms with Crippen molar-refractivity contribution in [2.45, 2.75) is 12.1 Å². The average molecular weight is 265 g/mol. The van der Waals surface area contributed by atoms with Crippen LogP contribution < -0.4 is 0 Å². The molecule has 6 heteroatoms. The predicted molar refractivity (Wildman–Crippen MR) is 67.4 cm³/mol. The van der Waals surface area contributed by atoms with E-state index in [1.54, 1.807) is 6.33 Å². The Morgan fingerprint density at radius 3 is 3.06 bits per heavy atom. The van der Waals surface area contributed by atoms with Gasteiger partial charge in [0.25, 0.3) is 0 Å². The van der Waals surface area contributed by atoms with E-state index in [0.717, 1.165) is 11.3 Å². The second kappa shape index (κ2) is 5.21. The number of hydrogen-bond acceptors (Lipinski definition) is 4. The van der Waals surface area contributed by atoms with E-state index in [-0.39, 0.29) is 0 Å². The number of aryl methyl sites for hydroxylation is 1. The average Bonchev–Trinajstić information content (AvgIpc) is 2.78. The molecule has 0 aliphatic rings. The molecule has 0 amide bonds. The summed E-state index contributed by atoms with van der Waals surface area (Å²) in [4.78, 5) is 0. The second-order valence-corrected chi connectivity index (χ2v) is 4.71. The summed E-state index contributed by atoms with van der Waals surface area (Å²) < 4.78 is 1.81. The van der Waals surface area contributed by atoms with Crippen LogP contribution in [0.15, 0.2) is 29.7 Å². The first-order valence-electron chi connectivity index (χ1n) is 4.88. The number of aromatic nitrogens is 3. The van der Waals surface area contributed by atoms with Gasteiger partial charge in [-0.3, -0.25) is 4.57 Å². The maximum Gasteiger partial charge on any atom is 0.196 e. The summed E-state index contributed by atoms with van der Waals surface area (Å²) in [5, 5.41) is 17.8. The molecule has 0 atom stereocenters. The van der Waals surface area contributed by atoms with E-state index < -0.39 is 0 Å². The highest BCUT2D eigenvalue weighted by Crippen LogP contribution is 2.23. The Labute approximate surface area is 108 Å². The molecule has 0 N–H and O–H groups in total.